The summed E-state index contributed by atoms with van der Waals surface area (Å²) in [7, 11) is 0. The zero-order valence-electron chi connectivity index (χ0n) is 17.8. The van der Waals surface area contributed by atoms with Gasteiger partial charge in [0.2, 0.25) is 0 Å². The number of hydrogen-bond donors (Lipinski definition) is 0. The molecule has 164 valence electrons. The average Bonchev–Trinajstić information content (AvgIpc) is 3.62. The first-order valence-corrected chi connectivity index (χ1v) is 11.4. The predicted molar refractivity (Wildman–Crippen MR) is 119 cm³/mol. The Labute approximate surface area is 183 Å². The van der Waals surface area contributed by atoms with E-state index in [9.17, 15) is 0 Å². The third-order valence-corrected chi connectivity index (χ3v) is 6.29. The van der Waals surface area contributed by atoms with Crippen molar-refractivity contribution < 1.29 is 18.9 Å². The molecule has 4 heterocycles. The Bertz CT molecular complexity index is 861. The summed E-state index contributed by atoms with van der Waals surface area (Å²) in [5.74, 6) is 0. The second kappa shape index (κ2) is 8.43. The SMILES string of the molecule is c1cc(Cc2ccc(N(CC3CO3)CC3CO3)cc2)cc(N(CC2CO2)CC2CO2)c1. The van der Waals surface area contributed by atoms with Gasteiger partial charge in [-0.15, -0.1) is 0 Å². The first kappa shape index (κ1) is 19.6. The van der Waals surface area contributed by atoms with E-state index in [0.717, 1.165) is 59.0 Å². The van der Waals surface area contributed by atoms with Crippen LogP contribution in [0.3, 0.4) is 0 Å². The molecular formula is C25H30N2O4. The van der Waals surface area contributed by atoms with Crippen LogP contribution in [0.4, 0.5) is 11.4 Å². The van der Waals surface area contributed by atoms with Crippen molar-refractivity contribution in [2.45, 2.75) is 30.8 Å². The lowest BCUT2D eigenvalue weighted by Gasteiger charge is -2.24. The van der Waals surface area contributed by atoms with E-state index in [1.807, 2.05) is 0 Å². The normalized spacial score (nSPS) is 27.6. The number of hydrogen-bond acceptors (Lipinski definition) is 6. The van der Waals surface area contributed by atoms with Crippen LogP contribution in [0.1, 0.15) is 11.1 Å². The van der Waals surface area contributed by atoms with Crippen LogP contribution in [0, 0.1) is 0 Å². The summed E-state index contributed by atoms with van der Waals surface area (Å²) in [5.41, 5.74) is 5.18. The molecule has 0 amide bonds. The molecule has 0 spiro atoms. The molecule has 4 saturated heterocycles. The standard InChI is InChI=1S/C25H30N2O4/c1-2-19(9-21(3-1)27(12-24-16-30-24)13-25-17-31-25)8-18-4-6-20(7-5-18)26(10-22-14-28-22)11-23-15-29-23/h1-7,9,22-25H,8,10-17H2. The van der Waals surface area contributed by atoms with Gasteiger partial charge in [0, 0.05) is 37.6 Å². The van der Waals surface area contributed by atoms with Crippen LogP contribution in [0.2, 0.25) is 0 Å². The number of rotatable bonds is 12. The first-order valence-electron chi connectivity index (χ1n) is 11.4. The van der Waals surface area contributed by atoms with E-state index in [4.69, 9.17) is 18.9 Å². The van der Waals surface area contributed by atoms with E-state index >= 15 is 0 Å². The summed E-state index contributed by atoms with van der Waals surface area (Å²) >= 11 is 0. The van der Waals surface area contributed by atoms with Crippen molar-refractivity contribution in [2.24, 2.45) is 0 Å². The molecule has 2 aromatic carbocycles. The lowest BCUT2D eigenvalue weighted by molar-refractivity contribution is 0.388. The first-order chi connectivity index (χ1) is 15.3. The van der Waals surface area contributed by atoms with Gasteiger partial charge in [0.25, 0.3) is 0 Å². The molecule has 2 aromatic rings. The largest absolute Gasteiger partial charge is 0.371 e. The summed E-state index contributed by atoms with van der Waals surface area (Å²) in [4.78, 5) is 4.82. The molecule has 31 heavy (non-hydrogen) atoms. The highest BCUT2D eigenvalue weighted by Gasteiger charge is 2.32. The lowest BCUT2D eigenvalue weighted by atomic mass is 10.0. The summed E-state index contributed by atoms with van der Waals surface area (Å²) in [5, 5.41) is 0. The Kier molecular flexibility index (Phi) is 5.32. The van der Waals surface area contributed by atoms with E-state index in [1.165, 1.54) is 22.5 Å². The zero-order chi connectivity index (χ0) is 20.6. The van der Waals surface area contributed by atoms with Gasteiger partial charge in [0.15, 0.2) is 0 Å². The van der Waals surface area contributed by atoms with E-state index in [1.54, 1.807) is 0 Å². The van der Waals surface area contributed by atoms with Crippen molar-refractivity contribution in [1.29, 1.82) is 0 Å². The van der Waals surface area contributed by atoms with Gasteiger partial charge < -0.3 is 28.7 Å². The molecule has 4 aliphatic rings. The van der Waals surface area contributed by atoms with Gasteiger partial charge in [0.1, 0.15) is 0 Å². The van der Waals surface area contributed by atoms with Gasteiger partial charge in [-0.1, -0.05) is 24.3 Å². The highest BCUT2D eigenvalue weighted by Crippen LogP contribution is 2.26. The molecule has 4 atom stereocenters. The van der Waals surface area contributed by atoms with Gasteiger partial charge in [-0.2, -0.15) is 0 Å². The monoisotopic (exact) mass is 422 g/mol. The highest BCUT2D eigenvalue weighted by molar-refractivity contribution is 5.52. The molecule has 0 aliphatic carbocycles. The van der Waals surface area contributed by atoms with Crippen LogP contribution in [-0.2, 0) is 25.4 Å². The molecule has 4 fully saturated rings. The fourth-order valence-electron chi connectivity index (χ4n) is 4.17. The predicted octanol–water partition coefficient (Wildman–Crippen LogP) is 2.49. The molecular weight excluding hydrogens is 392 g/mol. The van der Waals surface area contributed by atoms with Crippen molar-refractivity contribution in [3.05, 3.63) is 59.7 Å². The molecule has 4 aliphatic heterocycles. The minimum Gasteiger partial charge on any atom is -0.371 e. The minimum atomic E-state index is 0.375. The molecule has 0 radical (unpaired) electrons. The summed E-state index contributed by atoms with van der Waals surface area (Å²) in [6.07, 6.45) is 2.44. The van der Waals surface area contributed by atoms with Crippen molar-refractivity contribution >= 4 is 11.4 Å². The summed E-state index contributed by atoms with van der Waals surface area (Å²) in [6, 6.07) is 17.9. The number of anilines is 2. The maximum absolute atomic E-state index is 5.47. The second-order valence-electron chi connectivity index (χ2n) is 9.14. The molecule has 4 unspecified atom stereocenters. The Hall–Kier alpha value is -2.12. The van der Waals surface area contributed by atoms with Crippen LogP contribution >= 0.6 is 0 Å². The third-order valence-electron chi connectivity index (χ3n) is 6.29. The maximum atomic E-state index is 5.47. The van der Waals surface area contributed by atoms with Gasteiger partial charge in [-0.25, -0.2) is 0 Å². The average molecular weight is 423 g/mol. The van der Waals surface area contributed by atoms with Gasteiger partial charge in [-0.05, 0) is 41.8 Å². The summed E-state index contributed by atoms with van der Waals surface area (Å²) < 4.78 is 21.8. The van der Waals surface area contributed by atoms with E-state index in [2.05, 4.69) is 58.3 Å². The van der Waals surface area contributed by atoms with Crippen LogP contribution in [-0.4, -0.2) is 77.0 Å². The number of nitrogens with zero attached hydrogens (tertiary/aromatic N) is 2. The minimum absolute atomic E-state index is 0.375. The van der Waals surface area contributed by atoms with Gasteiger partial charge in [-0.3, -0.25) is 0 Å². The second-order valence-corrected chi connectivity index (χ2v) is 9.14. The van der Waals surface area contributed by atoms with Crippen molar-refractivity contribution in [2.75, 3.05) is 62.4 Å². The van der Waals surface area contributed by atoms with E-state index < -0.39 is 0 Å². The number of benzene rings is 2. The smallest absolute Gasteiger partial charge is 0.0984 e. The zero-order valence-corrected chi connectivity index (χ0v) is 17.8. The Morgan fingerprint density at radius 3 is 1.55 bits per heavy atom. The molecule has 0 bridgehead atoms. The highest BCUT2D eigenvalue weighted by atomic mass is 16.6. The van der Waals surface area contributed by atoms with Crippen molar-refractivity contribution in [1.82, 2.24) is 0 Å². The van der Waals surface area contributed by atoms with Gasteiger partial charge in [0.05, 0.1) is 50.8 Å². The summed E-state index contributed by atoms with van der Waals surface area (Å²) in [6.45, 7) is 7.32. The number of epoxide rings is 4. The lowest BCUT2D eigenvalue weighted by Crippen LogP contribution is -2.31. The molecule has 6 nitrogen and oxygen atoms in total. The quantitative estimate of drug-likeness (QED) is 0.490. The van der Waals surface area contributed by atoms with E-state index in [0.29, 0.717) is 24.4 Å². The molecule has 6 heteroatoms. The third kappa shape index (κ3) is 5.57. The van der Waals surface area contributed by atoms with Crippen LogP contribution in [0.15, 0.2) is 48.5 Å². The molecule has 0 aromatic heterocycles. The molecule has 0 N–H and O–H groups in total. The van der Waals surface area contributed by atoms with Gasteiger partial charge >= 0.3 is 0 Å². The maximum Gasteiger partial charge on any atom is 0.0984 e. The van der Waals surface area contributed by atoms with Crippen LogP contribution in [0.5, 0.6) is 0 Å². The fourth-order valence-corrected chi connectivity index (χ4v) is 4.17. The van der Waals surface area contributed by atoms with E-state index in [-0.39, 0.29) is 0 Å². The van der Waals surface area contributed by atoms with Crippen molar-refractivity contribution in [3.8, 4) is 0 Å². The van der Waals surface area contributed by atoms with Crippen LogP contribution < -0.4 is 9.80 Å². The Balaban J connectivity index is 1.12. The number of ether oxygens (including phenoxy) is 4. The topological polar surface area (TPSA) is 56.6 Å². The Morgan fingerprint density at radius 1 is 0.581 bits per heavy atom. The van der Waals surface area contributed by atoms with Crippen molar-refractivity contribution in [3.63, 3.8) is 0 Å². The molecule has 6 rings (SSSR count). The van der Waals surface area contributed by atoms with Crippen LogP contribution in [0.25, 0.3) is 0 Å². The Morgan fingerprint density at radius 2 is 1.06 bits per heavy atom. The fraction of sp³-hybridized carbons (Fsp3) is 0.520. The molecule has 0 saturated carbocycles.